The number of carbonyl (C=O) groups excluding carboxylic acids is 1. The van der Waals surface area contributed by atoms with Gasteiger partial charge < -0.3 is 15.4 Å². The Morgan fingerprint density at radius 1 is 1.23 bits per heavy atom. The third-order valence-electron chi connectivity index (χ3n) is 4.32. The van der Waals surface area contributed by atoms with Gasteiger partial charge in [0, 0.05) is 32.7 Å². The van der Waals surface area contributed by atoms with Crippen molar-refractivity contribution in [1.82, 2.24) is 9.80 Å². The SMILES string of the molecule is CC[C@H](N)C(=O)N1CCN(CCc2ccc(OC)cc2)CC1. The molecular weight excluding hydrogens is 278 g/mol. The molecular formula is C17H27N3O2. The molecule has 0 bridgehead atoms. The molecule has 2 rings (SSSR count). The van der Waals surface area contributed by atoms with Crippen LogP contribution in [-0.2, 0) is 11.2 Å². The van der Waals surface area contributed by atoms with E-state index in [-0.39, 0.29) is 11.9 Å². The summed E-state index contributed by atoms with van der Waals surface area (Å²) in [4.78, 5) is 16.4. The molecule has 5 heteroatoms. The number of benzene rings is 1. The van der Waals surface area contributed by atoms with E-state index >= 15 is 0 Å². The van der Waals surface area contributed by atoms with Crippen LogP contribution in [0.5, 0.6) is 5.75 Å². The highest BCUT2D eigenvalue weighted by molar-refractivity contribution is 5.81. The fourth-order valence-corrected chi connectivity index (χ4v) is 2.68. The molecule has 1 saturated heterocycles. The second-order valence-electron chi connectivity index (χ2n) is 5.78. The average Bonchev–Trinajstić information content (AvgIpc) is 2.59. The first kappa shape index (κ1) is 16.8. The molecule has 1 atom stereocenters. The summed E-state index contributed by atoms with van der Waals surface area (Å²) in [5, 5.41) is 0. The van der Waals surface area contributed by atoms with Crippen molar-refractivity contribution in [1.29, 1.82) is 0 Å². The van der Waals surface area contributed by atoms with Gasteiger partial charge in [-0.25, -0.2) is 0 Å². The van der Waals surface area contributed by atoms with Gasteiger partial charge in [0.15, 0.2) is 0 Å². The minimum absolute atomic E-state index is 0.0947. The van der Waals surface area contributed by atoms with Crippen molar-refractivity contribution in [2.75, 3.05) is 39.8 Å². The summed E-state index contributed by atoms with van der Waals surface area (Å²) in [7, 11) is 1.68. The zero-order valence-electron chi connectivity index (χ0n) is 13.6. The second kappa shape index (κ2) is 8.15. The Kier molecular flexibility index (Phi) is 6.21. The minimum atomic E-state index is -0.342. The number of carbonyl (C=O) groups is 1. The number of rotatable bonds is 6. The summed E-state index contributed by atoms with van der Waals surface area (Å²) >= 11 is 0. The minimum Gasteiger partial charge on any atom is -0.497 e. The highest BCUT2D eigenvalue weighted by atomic mass is 16.5. The molecule has 0 saturated carbocycles. The Balaban J connectivity index is 1.74. The monoisotopic (exact) mass is 305 g/mol. The van der Waals surface area contributed by atoms with E-state index < -0.39 is 0 Å². The van der Waals surface area contributed by atoms with Crippen molar-refractivity contribution < 1.29 is 9.53 Å². The van der Waals surface area contributed by atoms with Gasteiger partial charge in [0.2, 0.25) is 5.91 Å². The van der Waals surface area contributed by atoms with E-state index in [0.717, 1.165) is 44.9 Å². The fourth-order valence-electron chi connectivity index (χ4n) is 2.68. The quantitative estimate of drug-likeness (QED) is 0.855. The predicted octanol–water partition coefficient (Wildman–Crippen LogP) is 1.12. The van der Waals surface area contributed by atoms with Gasteiger partial charge in [-0.15, -0.1) is 0 Å². The molecule has 1 amide bonds. The van der Waals surface area contributed by atoms with E-state index in [1.165, 1.54) is 5.56 Å². The zero-order valence-corrected chi connectivity index (χ0v) is 13.6. The summed E-state index contributed by atoms with van der Waals surface area (Å²) < 4.78 is 5.17. The predicted molar refractivity (Wildman–Crippen MR) is 88.0 cm³/mol. The van der Waals surface area contributed by atoms with Crippen LogP contribution >= 0.6 is 0 Å². The van der Waals surface area contributed by atoms with Crippen LogP contribution in [0.4, 0.5) is 0 Å². The number of amides is 1. The molecule has 1 aliphatic rings. The summed E-state index contributed by atoms with van der Waals surface area (Å²) in [6, 6.07) is 7.87. The van der Waals surface area contributed by atoms with Gasteiger partial charge in [0.25, 0.3) is 0 Å². The summed E-state index contributed by atoms with van der Waals surface area (Å²) in [5.74, 6) is 0.987. The van der Waals surface area contributed by atoms with E-state index in [2.05, 4.69) is 17.0 Å². The van der Waals surface area contributed by atoms with Gasteiger partial charge in [-0.2, -0.15) is 0 Å². The first-order valence-electron chi connectivity index (χ1n) is 8.03. The van der Waals surface area contributed by atoms with Gasteiger partial charge in [-0.1, -0.05) is 19.1 Å². The molecule has 1 aliphatic heterocycles. The van der Waals surface area contributed by atoms with Crippen molar-refractivity contribution in [2.24, 2.45) is 5.73 Å². The zero-order chi connectivity index (χ0) is 15.9. The normalized spacial score (nSPS) is 17.3. The van der Waals surface area contributed by atoms with Crippen LogP contribution < -0.4 is 10.5 Å². The maximum absolute atomic E-state index is 12.0. The number of nitrogens with zero attached hydrogens (tertiary/aromatic N) is 2. The van der Waals surface area contributed by atoms with Crippen LogP contribution in [0.3, 0.4) is 0 Å². The average molecular weight is 305 g/mol. The Hall–Kier alpha value is -1.59. The van der Waals surface area contributed by atoms with E-state index in [4.69, 9.17) is 10.5 Å². The standard InChI is InChI=1S/C17H27N3O2/c1-3-16(18)17(21)20-12-10-19(11-13-20)9-8-14-4-6-15(22-2)7-5-14/h4-7,16H,3,8-13,18H2,1-2H3/t16-/m0/s1. The second-order valence-corrected chi connectivity index (χ2v) is 5.78. The van der Waals surface area contributed by atoms with Gasteiger partial charge in [-0.05, 0) is 30.5 Å². The van der Waals surface area contributed by atoms with Crippen molar-refractivity contribution in [3.05, 3.63) is 29.8 Å². The third-order valence-corrected chi connectivity index (χ3v) is 4.32. The van der Waals surface area contributed by atoms with Crippen molar-refractivity contribution >= 4 is 5.91 Å². The smallest absolute Gasteiger partial charge is 0.239 e. The number of methoxy groups -OCH3 is 1. The molecule has 0 radical (unpaired) electrons. The van der Waals surface area contributed by atoms with Crippen LogP contribution in [0.25, 0.3) is 0 Å². The molecule has 122 valence electrons. The fraction of sp³-hybridized carbons (Fsp3) is 0.588. The van der Waals surface area contributed by atoms with E-state index in [1.807, 2.05) is 24.0 Å². The van der Waals surface area contributed by atoms with Crippen molar-refractivity contribution in [3.63, 3.8) is 0 Å². The lowest BCUT2D eigenvalue weighted by Gasteiger charge is -2.35. The van der Waals surface area contributed by atoms with E-state index in [9.17, 15) is 4.79 Å². The lowest BCUT2D eigenvalue weighted by atomic mass is 10.1. The molecule has 0 aliphatic carbocycles. The molecule has 1 fully saturated rings. The Morgan fingerprint density at radius 3 is 2.41 bits per heavy atom. The van der Waals surface area contributed by atoms with Crippen LogP contribution in [0.15, 0.2) is 24.3 Å². The third kappa shape index (κ3) is 4.45. The molecule has 2 N–H and O–H groups in total. The van der Waals surface area contributed by atoms with Gasteiger partial charge >= 0.3 is 0 Å². The van der Waals surface area contributed by atoms with Gasteiger partial charge in [-0.3, -0.25) is 9.69 Å². The van der Waals surface area contributed by atoms with Gasteiger partial charge in [0.05, 0.1) is 13.2 Å². The van der Waals surface area contributed by atoms with Crippen molar-refractivity contribution in [2.45, 2.75) is 25.8 Å². The summed E-state index contributed by atoms with van der Waals surface area (Å²) in [6.45, 7) is 6.41. The van der Waals surface area contributed by atoms with Crippen LogP contribution in [0.2, 0.25) is 0 Å². The number of hydrogen-bond donors (Lipinski definition) is 1. The maximum Gasteiger partial charge on any atom is 0.239 e. The summed E-state index contributed by atoms with van der Waals surface area (Å²) in [6.07, 6.45) is 1.73. The molecule has 0 aromatic heterocycles. The Morgan fingerprint density at radius 2 is 1.86 bits per heavy atom. The number of hydrogen-bond acceptors (Lipinski definition) is 4. The Bertz CT molecular complexity index is 467. The number of nitrogens with two attached hydrogens (primary N) is 1. The topological polar surface area (TPSA) is 58.8 Å². The molecule has 22 heavy (non-hydrogen) atoms. The van der Waals surface area contributed by atoms with E-state index in [1.54, 1.807) is 7.11 Å². The van der Waals surface area contributed by atoms with E-state index in [0.29, 0.717) is 6.42 Å². The van der Waals surface area contributed by atoms with Crippen LogP contribution in [0, 0.1) is 0 Å². The van der Waals surface area contributed by atoms with Crippen LogP contribution in [-0.4, -0.2) is 61.6 Å². The van der Waals surface area contributed by atoms with Gasteiger partial charge in [0.1, 0.15) is 5.75 Å². The lowest BCUT2D eigenvalue weighted by molar-refractivity contribution is -0.134. The molecule has 1 aromatic carbocycles. The highest BCUT2D eigenvalue weighted by Gasteiger charge is 2.23. The molecule has 1 heterocycles. The molecule has 5 nitrogen and oxygen atoms in total. The maximum atomic E-state index is 12.0. The lowest BCUT2D eigenvalue weighted by Crippen LogP contribution is -2.53. The molecule has 1 aromatic rings. The number of piperazine rings is 1. The Labute approximate surface area is 133 Å². The van der Waals surface area contributed by atoms with Crippen molar-refractivity contribution in [3.8, 4) is 5.75 Å². The molecule has 0 unspecified atom stereocenters. The highest BCUT2D eigenvalue weighted by Crippen LogP contribution is 2.12. The number of ether oxygens (including phenoxy) is 1. The first-order chi connectivity index (χ1) is 10.6. The van der Waals surface area contributed by atoms with Crippen LogP contribution in [0.1, 0.15) is 18.9 Å². The first-order valence-corrected chi connectivity index (χ1v) is 8.03. The molecule has 0 spiro atoms. The summed E-state index contributed by atoms with van der Waals surface area (Å²) in [5.41, 5.74) is 7.14. The largest absolute Gasteiger partial charge is 0.497 e.